The number of rotatable bonds is 4. The fourth-order valence-corrected chi connectivity index (χ4v) is 3.85. The molecule has 2 fully saturated rings. The van der Waals surface area contributed by atoms with Gasteiger partial charge in [-0.1, -0.05) is 6.07 Å². The molecule has 11 heteroatoms. The van der Waals surface area contributed by atoms with Crippen molar-refractivity contribution in [3.05, 3.63) is 29.3 Å². The average molecular weight is 437 g/mol. The van der Waals surface area contributed by atoms with Crippen molar-refractivity contribution < 1.29 is 28.7 Å². The van der Waals surface area contributed by atoms with Gasteiger partial charge in [-0.15, -0.1) is 12.4 Å². The summed E-state index contributed by atoms with van der Waals surface area (Å²) in [4.78, 5) is 64.0. The van der Waals surface area contributed by atoms with Crippen LogP contribution in [-0.4, -0.2) is 71.1 Å². The summed E-state index contributed by atoms with van der Waals surface area (Å²) in [5, 5.41) is 2.15. The highest BCUT2D eigenvalue weighted by atomic mass is 35.5. The zero-order valence-corrected chi connectivity index (χ0v) is 16.8. The second-order valence-electron chi connectivity index (χ2n) is 7.30. The zero-order chi connectivity index (χ0) is 20.7. The van der Waals surface area contributed by atoms with Crippen LogP contribution >= 0.6 is 12.4 Å². The predicted octanol–water partition coefficient (Wildman–Crippen LogP) is -0.552. The molecule has 0 spiro atoms. The monoisotopic (exact) mass is 436 g/mol. The number of carbonyl (C=O) groups is 5. The number of hydrogen-bond acceptors (Lipinski definition) is 7. The number of fused-ring (bicyclic) bond motifs is 1. The van der Waals surface area contributed by atoms with E-state index in [-0.39, 0.29) is 60.7 Å². The molecule has 1 aromatic rings. The lowest BCUT2D eigenvalue weighted by molar-refractivity contribution is -0.136. The Bertz CT molecular complexity index is 936. The van der Waals surface area contributed by atoms with Gasteiger partial charge in [0.2, 0.25) is 11.8 Å². The van der Waals surface area contributed by atoms with Crippen LogP contribution in [0.3, 0.4) is 0 Å². The van der Waals surface area contributed by atoms with Gasteiger partial charge < -0.3 is 15.4 Å². The Morgan fingerprint density at radius 3 is 2.60 bits per heavy atom. The number of amides is 5. The van der Waals surface area contributed by atoms with E-state index in [4.69, 9.17) is 10.5 Å². The van der Waals surface area contributed by atoms with E-state index in [1.807, 2.05) is 0 Å². The molecule has 2 atom stereocenters. The number of nitrogens with two attached hydrogens (primary N) is 1. The van der Waals surface area contributed by atoms with Crippen LogP contribution in [0.15, 0.2) is 18.2 Å². The molecule has 4 rings (SSSR count). The molecule has 1 unspecified atom stereocenters. The van der Waals surface area contributed by atoms with E-state index in [9.17, 15) is 24.0 Å². The summed E-state index contributed by atoms with van der Waals surface area (Å²) < 4.78 is 5.57. The second kappa shape index (κ2) is 8.41. The maximum absolute atomic E-state index is 12.9. The van der Waals surface area contributed by atoms with Gasteiger partial charge in [0.1, 0.15) is 11.8 Å². The molecule has 1 aromatic carbocycles. The molecular formula is C19H21ClN4O6. The summed E-state index contributed by atoms with van der Waals surface area (Å²) in [5.74, 6) is -2.57. The number of halogens is 1. The van der Waals surface area contributed by atoms with Gasteiger partial charge in [0, 0.05) is 25.6 Å². The van der Waals surface area contributed by atoms with Crippen molar-refractivity contribution in [3.63, 3.8) is 0 Å². The summed E-state index contributed by atoms with van der Waals surface area (Å²) in [6.07, 6.45) is 0.833. The molecule has 30 heavy (non-hydrogen) atoms. The lowest BCUT2D eigenvalue weighted by atomic mass is 10.0. The number of piperidine rings is 1. The van der Waals surface area contributed by atoms with Gasteiger partial charge >= 0.3 is 0 Å². The van der Waals surface area contributed by atoms with Gasteiger partial charge in [-0.05, 0) is 25.0 Å². The lowest BCUT2D eigenvalue weighted by Crippen LogP contribution is -2.54. The van der Waals surface area contributed by atoms with Crippen molar-refractivity contribution in [2.75, 3.05) is 19.7 Å². The summed E-state index contributed by atoms with van der Waals surface area (Å²) >= 11 is 0. The van der Waals surface area contributed by atoms with Gasteiger partial charge in [0.05, 0.1) is 11.1 Å². The molecule has 2 saturated heterocycles. The largest absolute Gasteiger partial charge is 0.483 e. The summed E-state index contributed by atoms with van der Waals surface area (Å²) in [6, 6.07) is 3.40. The number of imide groups is 2. The van der Waals surface area contributed by atoms with Gasteiger partial charge in [0.15, 0.2) is 6.61 Å². The van der Waals surface area contributed by atoms with Crippen LogP contribution in [0.2, 0.25) is 0 Å². The van der Waals surface area contributed by atoms with Crippen molar-refractivity contribution in [1.82, 2.24) is 15.1 Å². The molecule has 0 bridgehead atoms. The van der Waals surface area contributed by atoms with Crippen molar-refractivity contribution in [2.24, 2.45) is 5.73 Å². The van der Waals surface area contributed by atoms with Crippen LogP contribution < -0.4 is 15.8 Å². The number of nitrogens with one attached hydrogen (secondary N) is 1. The minimum absolute atomic E-state index is 0. The number of hydrogen-bond donors (Lipinski definition) is 2. The first-order valence-electron chi connectivity index (χ1n) is 9.37. The molecule has 0 aliphatic carbocycles. The van der Waals surface area contributed by atoms with Crippen LogP contribution in [0.25, 0.3) is 0 Å². The number of likely N-dealkylation sites (tertiary alicyclic amines) is 1. The third kappa shape index (κ3) is 3.75. The van der Waals surface area contributed by atoms with Crippen LogP contribution in [-0.2, 0) is 14.4 Å². The van der Waals surface area contributed by atoms with E-state index in [0.29, 0.717) is 13.1 Å². The molecule has 0 saturated carbocycles. The number of ether oxygens (including phenoxy) is 1. The predicted molar refractivity (Wildman–Crippen MR) is 105 cm³/mol. The Balaban J connectivity index is 0.00000256. The third-order valence-electron chi connectivity index (χ3n) is 5.36. The highest BCUT2D eigenvalue weighted by Crippen LogP contribution is 2.33. The topological polar surface area (TPSA) is 139 Å². The Morgan fingerprint density at radius 1 is 1.17 bits per heavy atom. The van der Waals surface area contributed by atoms with Gasteiger partial charge in [-0.2, -0.15) is 0 Å². The standard InChI is InChI=1S/C19H20N4O6.ClH/c20-10-6-7-22(8-10)15(25)9-29-13-3-1-2-11-16(13)19(28)23(18(11)27)12-4-5-14(24)21-17(12)26;/h1-3,10,12H,4-9,20H2,(H,21,24,26);1H/t10-,12?;/m0./s1. The SMILES string of the molecule is Cl.N[C@H]1CCN(C(=O)COc2cccc3c2C(=O)N(C2CCC(=O)NC2=O)C3=O)C1. The minimum Gasteiger partial charge on any atom is -0.483 e. The first-order valence-corrected chi connectivity index (χ1v) is 9.37. The fraction of sp³-hybridized carbons (Fsp3) is 0.421. The molecule has 160 valence electrons. The second-order valence-corrected chi connectivity index (χ2v) is 7.30. The molecule has 0 radical (unpaired) electrons. The van der Waals surface area contributed by atoms with E-state index in [1.165, 1.54) is 12.1 Å². The summed E-state index contributed by atoms with van der Waals surface area (Å²) in [6.45, 7) is 0.718. The summed E-state index contributed by atoms with van der Waals surface area (Å²) in [5.41, 5.74) is 5.93. The lowest BCUT2D eigenvalue weighted by Gasteiger charge is -2.27. The number of nitrogens with zero attached hydrogens (tertiary/aromatic N) is 2. The van der Waals surface area contributed by atoms with E-state index in [2.05, 4.69) is 5.32 Å². The molecule has 5 amide bonds. The van der Waals surface area contributed by atoms with Crippen molar-refractivity contribution in [2.45, 2.75) is 31.3 Å². The first kappa shape index (κ1) is 21.7. The molecule has 3 aliphatic heterocycles. The quantitative estimate of drug-likeness (QED) is 0.603. The number of carbonyl (C=O) groups excluding carboxylic acids is 5. The van der Waals surface area contributed by atoms with E-state index >= 15 is 0 Å². The van der Waals surface area contributed by atoms with Crippen molar-refractivity contribution >= 4 is 41.9 Å². The van der Waals surface area contributed by atoms with Crippen LogP contribution in [0.4, 0.5) is 0 Å². The van der Waals surface area contributed by atoms with E-state index in [1.54, 1.807) is 11.0 Å². The fourth-order valence-electron chi connectivity index (χ4n) is 3.85. The molecule has 0 aromatic heterocycles. The molecule has 10 nitrogen and oxygen atoms in total. The highest BCUT2D eigenvalue weighted by molar-refractivity contribution is 6.24. The highest BCUT2D eigenvalue weighted by Gasteiger charge is 2.46. The normalized spacial score (nSPS) is 23.2. The smallest absolute Gasteiger partial charge is 0.266 e. The van der Waals surface area contributed by atoms with Crippen LogP contribution in [0, 0.1) is 0 Å². The van der Waals surface area contributed by atoms with Crippen molar-refractivity contribution in [1.29, 1.82) is 0 Å². The maximum Gasteiger partial charge on any atom is 0.266 e. The maximum atomic E-state index is 12.9. The van der Waals surface area contributed by atoms with E-state index in [0.717, 1.165) is 11.3 Å². The minimum atomic E-state index is -1.05. The summed E-state index contributed by atoms with van der Waals surface area (Å²) in [7, 11) is 0. The van der Waals surface area contributed by atoms with Gasteiger partial charge in [-0.25, -0.2) is 0 Å². The zero-order valence-electron chi connectivity index (χ0n) is 16.0. The van der Waals surface area contributed by atoms with E-state index < -0.39 is 29.7 Å². The Morgan fingerprint density at radius 2 is 1.93 bits per heavy atom. The average Bonchev–Trinajstić information content (AvgIpc) is 3.23. The Kier molecular flexibility index (Phi) is 6.09. The van der Waals surface area contributed by atoms with Crippen LogP contribution in [0.1, 0.15) is 40.0 Å². The number of benzene rings is 1. The van der Waals surface area contributed by atoms with Gasteiger partial charge in [-0.3, -0.25) is 34.2 Å². The molecular weight excluding hydrogens is 416 g/mol. The Hall–Kier alpha value is -2.98. The first-order chi connectivity index (χ1) is 13.9. The third-order valence-corrected chi connectivity index (χ3v) is 5.36. The van der Waals surface area contributed by atoms with Crippen molar-refractivity contribution in [3.8, 4) is 5.75 Å². The van der Waals surface area contributed by atoms with Gasteiger partial charge in [0.25, 0.3) is 17.7 Å². The molecule has 3 aliphatic rings. The Labute approximate surface area is 178 Å². The molecule has 3 N–H and O–H groups in total. The molecule has 3 heterocycles. The van der Waals surface area contributed by atoms with Crippen LogP contribution in [0.5, 0.6) is 5.75 Å².